The lowest BCUT2D eigenvalue weighted by atomic mass is 9.75. The van der Waals surface area contributed by atoms with Crippen molar-refractivity contribution in [2.24, 2.45) is 5.41 Å². The lowest BCUT2D eigenvalue weighted by molar-refractivity contribution is 0.211. The van der Waals surface area contributed by atoms with Crippen LogP contribution in [0.4, 0.5) is 11.5 Å². The number of pyridine rings is 1. The SMILES string of the molecule is CC1(C)CCC[C@H](NC(=S)Nc2ccc(N)nc2)C1. The number of anilines is 2. The first-order chi connectivity index (χ1) is 8.94. The zero-order chi connectivity index (χ0) is 13.9. The molecule has 0 bridgehead atoms. The maximum absolute atomic E-state index is 5.55. The van der Waals surface area contributed by atoms with Crippen LogP contribution in [0.15, 0.2) is 18.3 Å². The molecule has 1 aromatic rings. The number of nitrogens with two attached hydrogens (primary N) is 1. The van der Waals surface area contributed by atoms with Crippen molar-refractivity contribution in [3.8, 4) is 0 Å². The van der Waals surface area contributed by atoms with Gasteiger partial charge in [0.05, 0.1) is 11.9 Å². The van der Waals surface area contributed by atoms with Crippen LogP contribution >= 0.6 is 12.2 Å². The highest BCUT2D eigenvalue weighted by Gasteiger charge is 2.28. The molecule has 0 spiro atoms. The summed E-state index contributed by atoms with van der Waals surface area (Å²) in [6.07, 6.45) is 6.60. The minimum Gasteiger partial charge on any atom is -0.384 e. The van der Waals surface area contributed by atoms with E-state index in [1.165, 1.54) is 19.3 Å². The fraction of sp³-hybridized carbons (Fsp3) is 0.571. The van der Waals surface area contributed by atoms with Crippen molar-refractivity contribution < 1.29 is 0 Å². The molecule has 1 atom stereocenters. The lowest BCUT2D eigenvalue weighted by Crippen LogP contribution is -2.42. The Kier molecular flexibility index (Phi) is 4.24. The Bertz CT molecular complexity index is 441. The summed E-state index contributed by atoms with van der Waals surface area (Å²) >= 11 is 5.34. The first-order valence-electron chi connectivity index (χ1n) is 6.74. The van der Waals surface area contributed by atoms with Crippen LogP contribution in [0.1, 0.15) is 39.5 Å². The fourth-order valence-electron chi connectivity index (χ4n) is 2.65. The summed E-state index contributed by atoms with van der Waals surface area (Å²) in [5.74, 6) is 0.512. The number of rotatable bonds is 2. The van der Waals surface area contributed by atoms with Crippen molar-refractivity contribution in [1.29, 1.82) is 0 Å². The van der Waals surface area contributed by atoms with E-state index >= 15 is 0 Å². The van der Waals surface area contributed by atoms with Gasteiger partial charge in [-0.15, -0.1) is 0 Å². The fourth-order valence-corrected chi connectivity index (χ4v) is 2.94. The molecule has 1 aliphatic carbocycles. The van der Waals surface area contributed by atoms with E-state index < -0.39 is 0 Å². The molecule has 19 heavy (non-hydrogen) atoms. The highest BCUT2D eigenvalue weighted by atomic mass is 32.1. The van der Waals surface area contributed by atoms with E-state index in [4.69, 9.17) is 18.0 Å². The zero-order valence-corrected chi connectivity index (χ0v) is 12.4. The molecule has 2 rings (SSSR count). The summed E-state index contributed by atoms with van der Waals surface area (Å²) in [6.45, 7) is 4.64. The van der Waals surface area contributed by atoms with E-state index in [-0.39, 0.29) is 0 Å². The maximum Gasteiger partial charge on any atom is 0.171 e. The maximum atomic E-state index is 5.55. The summed E-state index contributed by atoms with van der Waals surface area (Å²) < 4.78 is 0. The molecule has 4 nitrogen and oxygen atoms in total. The molecule has 1 fully saturated rings. The van der Waals surface area contributed by atoms with Gasteiger partial charge in [0.15, 0.2) is 5.11 Å². The smallest absolute Gasteiger partial charge is 0.171 e. The van der Waals surface area contributed by atoms with E-state index in [0.717, 1.165) is 12.1 Å². The molecular formula is C14H22N4S. The van der Waals surface area contributed by atoms with Gasteiger partial charge in [-0.1, -0.05) is 20.3 Å². The van der Waals surface area contributed by atoms with E-state index in [2.05, 4.69) is 29.5 Å². The van der Waals surface area contributed by atoms with Crippen LogP contribution in [-0.4, -0.2) is 16.1 Å². The second-order valence-electron chi connectivity index (χ2n) is 6.03. The highest BCUT2D eigenvalue weighted by molar-refractivity contribution is 7.80. The predicted octanol–water partition coefficient (Wildman–Crippen LogP) is 2.92. The Hall–Kier alpha value is -1.36. The summed E-state index contributed by atoms with van der Waals surface area (Å²) in [7, 11) is 0. The van der Waals surface area contributed by atoms with Crippen molar-refractivity contribution in [2.75, 3.05) is 11.1 Å². The van der Waals surface area contributed by atoms with Crippen LogP contribution in [-0.2, 0) is 0 Å². The van der Waals surface area contributed by atoms with Crippen molar-refractivity contribution >= 4 is 28.8 Å². The van der Waals surface area contributed by atoms with Gasteiger partial charge >= 0.3 is 0 Å². The van der Waals surface area contributed by atoms with Crippen molar-refractivity contribution in [3.05, 3.63) is 18.3 Å². The van der Waals surface area contributed by atoms with Crippen LogP contribution in [0.2, 0.25) is 0 Å². The number of nitrogen functional groups attached to an aromatic ring is 1. The first-order valence-corrected chi connectivity index (χ1v) is 7.14. The largest absolute Gasteiger partial charge is 0.384 e. The van der Waals surface area contributed by atoms with Crippen LogP contribution < -0.4 is 16.4 Å². The Balaban J connectivity index is 1.85. The molecule has 5 heteroatoms. The third kappa shape index (κ3) is 4.35. The molecular weight excluding hydrogens is 256 g/mol. The Morgan fingerprint density at radius 2 is 2.26 bits per heavy atom. The molecule has 1 aliphatic rings. The first kappa shape index (κ1) is 14.1. The predicted molar refractivity (Wildman–Crippen MR) is 84.0 cm³/mol. The van der Waals surface area contributed by atoms with Gasteiger partial charge in [0.1, 0.15) is 5.82 Å². The average Bonchev–Trinajstić information content (AvgIpc) is 2.30. The van der Waals surface area contributed by atoms with Crippen LogP contribution in [0.3, 0.4) is 0 Å². The number of nitrogens with zero attached hydrogens (tertiary/aromatic N) is 1. The van der Waals surface area contributed by atoms with Crippen molar-refractivity contribution in [3.63, 3.8) is 0 Å². The van der Waals surface area contributed by atoms with Gasteiger partial charge in [-0.3, -0.25) is 0 Å². The van der Waals surface area contributed by atoms with E-state index in [1.807, 2.05) is 6.07 Å². The molecule has 4 N–H and O–H groups in total. The Morgan fingerprint density at radius 3 is 2.89 bits per heavy atom. The van der Waals surface area contributed by atoms with Gasteiger partial charge in [0.2, 0.25) is 0 Å². The van der Waals surface area contributed by atoms with Gasteiger partial charge in [0, 0.05) is 6.04 Å². The monoisotopic (exact) mass is 278 g/mol. The van der Waals surface area contributed by atoms with Crippen LogP contribution in [0, 0.1) is 5.41 Å². The molecule has 0 amide bonds. The zero-order valence-electron chi connectivity index (χ0n) is 11.6. The molecule has 1 aromatic heterocycles. The van der Waals surface area contributed by atoms with Gasteiger partial charge in [-0.2, -0.15) is 0 Å². The van der Waals surface area contributed by atoms with Gasteiger partial charge < -0.3 is 16.4 Å². The number of nitrogens with one attached hydrogen (secondary N) is 2. The quantitative estimate of drug-likeness (QED) is 0.726. The summed E-state index contributed by atoms with van der Waals surface area (Å²) in [6, 6.07) is 4.10. The second kappa shape index (κ2) is 5.74. The highest BCUT2D eigenvalue weighted by Crippen LogP contribution is 2.35. The van der Waals surface area contributed by atoms with Gasteiger partial charge in [0.25, 0.3) is 0 Å². The van der Waals surface area contributed by atoms with E-state index in [0.29, 0.717) is 22.4 Å². The minimum absolute atomic E-state index is 0.411. The summed E-state index contributed by atoms with van der Waals surface area (Å²) in [4.78, 5) is 4.03. The molecule has 0 unspecified atom stereocenters. The van der Waals surface area contributed by atoms with Gasteiger partial charge in [-0.25, -0.2) is 4.98 Å². The Morgan fingerprint density at radius 1 is 1.47 bits per heavy atom. The van der Waals surface area contributed by atoms with Crippen LogP contribution in [0.25, 0.3) is 0 Å². The third-order valence-corrected chi connectivity index (χ3v) is 3.80. The van der Waals surface area contributed by atoms with Crippen LogP contribution in [0.5, 0.6) is 0 Å². The topological polar surface area (TPSA) is 63.0 Å². The molecule has 0 aliphatic heterocycles. The summed E-state index contributed by atoms with van der Waals surface area (Å²) in [5, 5.41) is 7.21. The number of thiocarbonyl (C=S) groups is 1. The Labute approximate surface area is 120 Å². The number of aromatic nitrogens is 1. The normalized spacial score (nSPS) is 21.7. The molecule has 0 radical (unpaired) electrons. The number of hydrogen-bond acceptors (Lipinski definition) is 3. The van der Waals surface area contributed by atoms with Crippen molar-refractivity contribution in [1.82, 2.24) is 10.3 Å². The van der Waals surface area contributed by atoms with E-state index in [9.17, 15) is 0 Å². The standard InChI is InChI=1S/C14H22N4S/c1-14(2)7-3-4-10(8-14)17-13(19)18-11-5-6-12(15)16-9-11/h5-6,9-10H,3-4,7-8H2,1-2H3,(H2,15,16)(H2,17,18,19)/t10-/m0/s1. The molecule has 104 valence electrons. The van der Waals surface area contributed by atoms with Crippen molar-refractivity contribution in [2.45, 2.75) is 45.6 Å². The second-order valence-corrected chi connectivity index (χ2v) is 6.44. The average molecular weight is 278 g/mol. The minimum atomic E-state index is 0.411. The third-order valence-electron chi connectivity index (χ3n) is 3.58. The summed E-state index contributed by atoms with van der Waals surface area (Å²) in [5.41, 5.74) is 6.82. The number of hydrogen-bond donors (Lipinski definition) is 3. The van der Waals surface area contributed by atoms with Gasteiger partial charge in [-0.05, 0) is 49.0 Å². The molecule has 0 aromatic carbocycles. The lowest BCUT2D eigenvalue weighted by Gasteiger charge is -2.36. The molecule has 1 saturated carbocycles. The molecule has 0 saturated heterocycles. The van der Waals surface area contributed by atoms with E-state index in [1.54, 1.807) is 12.3 Å². The molecule has 1 heterocycles.